The van der Waals surface area contributed by atoms with E-state index >= 15 is 0 Å². The van der Waals surface area contributed by atoms with Crippen molar-refractivity contribution < 1.29 is 10.2 Å². The van der Waals surface area contributed by atoms with Crippen LogP contribution < -0.4 is 0 Å². The van der Waals surface area contributed by atoms with E-state index in [1.54, 1.807) is 0 Å². The Hall–Kier alpha value is -0.380. The number of fused-ring (bicyclic) bond motifs is 1. The Morgan fingerprint density at radius 3 is 2.47 bits per heavy atom. The smallest absolute Gasteiger partial charge is 0.105 e. The third-order valence-corrected chi connectivity index (χ3v) is 3.46. The first-order chi connectivity index (χ1) is 7.22. The summed E-state index contributed by atoms with van der Waals surface area (Å²) in [5.74, 6) is 0. The van der Waals surface area contributed by atoms with E-state index in [1.807, 2.05) is 12.1 Å². The molecule has 2 nitrogen and oxygen atoms in total. The monoisotopic (exact) mass is 270 g/mol. The third-order valence-electron chi connectivity index (χ3n) is 3.00. The predicted octanol–water partition coefficient (Wildman–Crippen LogP) is 1.96. The van der Waals surface area contributed by atoms with Crippen LogP contribution >= 0.6 is 15.9 Å². The van der Waals surface area contributed by atoms with Crippen LogP contribution in [0.3, 0.4) is 0 Å². The third kappa shape index (κ3) is 2.25. The van der Waals surface area contributed by atoms with Crippen LogP contribution in [0.4, 0.5) is 0 Å². The Morgan fingerprint density at radius 1 is 1.20 bits per heavy atom. The average Bonchev–Trinajstić information content (AvgIpc) is 2.19. The van der Waals surface area contributed by atoms with Gasteiger partial charge in [0.15, 0.2) is 0 Å². The van der Waals surface area contributed by atoms with Crippen LogP contribution in [-0.2, 0) is 12.8 Å². The van der Waals surface area contributed by atoms with Crippen LogP contribution in [0.5, 0.6) is 0 Å². The van der Waals surface area contributed by atoms with E-state index in [0.29, 0.717) is 11.8 Å². The summed E-state index contributed by atoms with van der Waals surface area (Å²) in [5, 5.41) is 20.3. The molecule has 1 aromatic rings. The highest BCUT2D eigenvalue weighted by molar-refractivity contribution is 9.09. The van der Waals surface area contributed by atoms with E-state index < -0.39 is 12.2 Å². The van der Waals surface area contributed by atoms with E-state index in [2.05, 4.69) is 22.0 Å². The number of alkyl halides is 1. The van der Waals surface area contributed by atoms with Crippen molar-refractivity contribution in [3.8, 4) is 0 Å². The van der Waals surface area contributed by atoms with E-state index in [0.717, 1.165) is 18.4 Å². The molecule has 2 unspecified atom stereocenters. The molecule has 0 heterocycles. The SMILES string of the molecule is OC(CCBr)C(O)c1ccc2c(c1)CC2. The molecule has 0 saturated heterocycles. The molecular formula is C12H15BrO2. The highest BCUT2D eigenvalue weighted by atomic mass is 79.9. The summed E-state index contributed by atoms with van der Waals surface area (Å²) in [5.41, 5.74) is 3.53. The lowest BCUT2D eigenvalue weighted by Crippen LogP contribution is -2.19. The van der Waals surface area contributed by atoms with Gasteiger partial charge in [0.1, 0.15) is 6.10 Å². The van der Waals surface area contributed by atoms with Crippen molar-refractivity contribution in [2.75, 3.05) is 5.33 Å². The van der Waals surface area contributed by atoms with Gasteiger partial charge in [0, 0.05) is 5.33 Å². The number of hydrogen-bond donors (Lipinski definition) is 2. The maximum absolute atomic E-state index is 9.89. The minimum atomic E-state index is -0.756. The topological polar surface area (TPSA) is 40.5 Å². The molecule has 0 amide bonds. The van der Waals surface area contributed by atoms with Crippen LogP contribution in [0.2, 0.25) is 0 Å². The number of halogens is 1. The van der Waals surface area contributed by atoms with Gasteiger partial charge in [0.25, 0.3) is 0 Å². The molecule has 82 valence electrons. The van der Waals surface area contributed by atoms with E-state index in [4.69, 9.17) is 0 Å². The number of aliphatic hydroxyl groups is 2. The lowest BCUT2D eigenvalue weighted by Gasteiger charge is -2.23. The zero-order chi connectivity index (χ0) is 10.8. The Kier molecular flexibility index (Phi) is 3.44. The maximum Gasteiger partial charge on any atom is 0.105 e. The summed E-state index contributed by atoms with van der Waals surface area (Å²) in [6.07, 6.45) is 1.38. The summed E-state index contributed by atoms with van der Waals surface area (Å²) in [6.45, 7) is 0. The Labute approximate surface area is 98.1 Å². The van der Waals surface area contributed by atoms with Gasteiger partial charge in [-0.3, -0.25) is 0 Å². The van der Waals surface area contributed by atoms with Gasteiger partial charge in [-0.15, -0.1) is 0 Å². The highest BCUT2D eigenvalue weighted by Gasteiger charge is 2.20. The zero-order valence-electron chi connectivity index (χ0n) is 8.49. The molecule has 15 heavy (non-hydrogen) atoms. The minimum Gasteiger partial charge on any atom is -0.390 e. The van der Waals surface area contributed by atoms with Crippen LogP contribution in [0, 0.1) is 0 Å². The molecule has 0 spiro atoms. The Morgan fingerprint density at radius 2 is 1.93 bits per heavy atom. The van der Waals surface area contributed by atoms with Gasteiger partial charge < -0.3 is 10.2 Å². The quantitative estimate of drug-likeness (QED) is 0.822. The number of benzene rings is 1. The van der Waals surface area contributed by atoms with Gasteiger partial charge in [0.05, 0.1) is 6.10 Å². The molecular weight excluding hydrogens is 256 g/mol. The van der Waals surface area contributed by atoms with Gasteiger partial charge in [-0.2, -0.15) is 0 Å². The number of aryl methyl sites for hydroxylation is 2. The van der Waals surface area contributed by atoms with Crippen molar-refractivity contribution in [2.45, 2.75) is 31.5 Å². The summed E-state index contributed by atoms with van der Waals surface area (Å²) in [7, 11) is 0. The van der Waals surface area contributed by atoms with Gasteiger partial charge in [-0.05, 0) is 36.0 Å². The predicted molar refractivity (Wildman–Crippen MR) is 63.2 cm³/mol. The summed E-state index contributed by atoms with van der Waals surface area (Å²) in [4.78, 5) is 0. The molecule has 1 aliphatic carbocycles. The Balaban J connectivity index is 2.11. The average molecular weight is 271 g/mol. The first kappa shape index (κ1) is 11.1. The molecule has 2 atom stereocenters. The number of aliphatic hydroxyl groups excluding tert-OH is 2. The normalized spacial score (nSPS) is 17.8. The fraction of sp³-hybridized carbons (Fsp3) is 0.500. The molecule has 2 N–H and O–H groups in total. The fourth-order valence-corrected chi connectivity index (χ4v) is 2.36. The summed E-state index contributed by atoms with van der Waals surface area (Å²) in [6, 6.07) is 5.99. The maximum atomic E-state index is 9.89. The van der Waals surface area contributed by atoms with Crippen molar-refractivity contribution in [3.63, 3.8) is 0 Å². The first-order valence-electron chi connectivity index (χ1n) is 5.26. The van der Waals surface area contributed by atoms with Gasteiger partial charge in [-0.1, -0.05) is 34.1 Å². The molecule has 0 bridgehead atoms. The van der Waals surface area contributed by atoms with Crippen LogP contribution in [0.1, 0.15) is 29.2 Å². The molecule has 0 aliphatic heterocycles. The molecule has 3 heteroatoms. The molecule has 0 saturated carbocycles. The summed E-state index contributed by atoms with van der Waals surface area (Å²) >= 11 is 3.26. The van der Waals surface area contributed by atoms with Crippen LogP contribution in [-0.4, -0.2) is 21.6 Å². The van der Waals surface area contributed by atoms with Crippen molar-refractivity contribution in [1.82, 2.24) is 0 Å². The van der Waals surface area contributed by atoms with Gasteiger partial charge in [-0.25, -0.2) is 0 Å². The van der Waals surface area contributed by atoms with Crippen molar-refractivity contribution in [3.05, 3.63) is 34.9 Å². The van der Waals surface area contributed by atoms with Gasteiger partial charge >= 0.3 is 0 Å². The first-order valence-corrected chi connectivity index (χ1v) is 6.38. The Bertz CT molecular complexity index is 351. The summed E-state index contributed by atoms with van der Waals surface area (Å²) < 4.78 is 0. The second kappa shape index (κ2) is 4.64. The van der Waals surface area contributed by atoms with E-state index in [1.165, 1.54) is 11.1 Å². The van der Waals surface area contributed by atoms with Crippen molar-refractivity contribution in [2.24, 2.45) is 0 Å². The van der Waals surface area contributed by atoms with Gasteiger partial charge in [0.2, 0.25) is 0 Å². The zero-order valence-corrected chi connectivity index (χ0v) is 10.1. The van der Waals surface area contributed by atoms with E-state index in [9.17, 15) is 10.2 Å². The molecule has 0 aromatic heterocycles. The van der Waals surface area contributed by atoms with E-state index in [-0.39, 0.29) is 0 Å². The molecule has 1 aliphatic rings. The molecule has 0 radical (unpaired) electrons. The standard InChI is InChI=1S/C12H15BrO2/c13-6-5-11(14)12(15)10-4-2-8-1-3-9(8)7-10/h2,4,7,11-12,14-15H,1,3,5-6H2. The minimum absolute atomic E-state index is 0.568. The second-order valence-electron chi connectivity index (χ2n) is 4.02. The van der Waals surface area contributed by atoms with Crippen LogP contribution in [0.25, 0.3) is 0 Å². The van der Waals surface area contributed by atoms with Crippen molar-refractivity contribution in [1.29, 1.82) is 0 Å². The lowest BCUT2D eigenvalue weighted by molar-refractivity contribution is 0.0173. The molecule has 0 fully saturated rings. The van der Waals surface area contributed by atoms with Crippen molar-refractivity contribution >= 4 is 15.9 Å². The van der Waals surface area contributed by atoms with Crippen LogP contribution in [0.15, 0.2) is 18.2 Å². The fourth-order valence-electron chi connectivity index (χ4n) is 1.89. The second-order valence-corrected chi connectivity index (χ2v) is 4.81. The number of hydrogen-bond acceptors (Lipinski definition) is 2. The largest absolute Gasteiger partial charge is 0.390 e. The molecule has 1 aromatic carbocycles. The lowest BCUT2D eigenvalue weighted by atomic mass is 9.86. The number of rotatable bonds is 4. The highest BCUT2D eigenvalue weighted by Crippen LogP contribution is 2.28. The molecule has 2 rings (SSSR count).